The summed E-state index contributed by atoms with van der Waals surface area (Å²) in [6, 6.07) is 14.8. The van der Waals surface area contributed by atoms with Gasteiger partial charge in [-0.05, 0) is 43.2 Å². The Balaban J connectivity index is 1.35. The molecule has 1 amide bonds. The van der Waals surface area contributed by atoms with Crippen molar-refractivity contribution in [3.63, 3.8) is 0 Å². The summed E-state index contributed by atoms with van der Waals surface area (Å²) < 4.78 is 1.66. The summed E-state index contributed by atoms with van der Waals surface area (Å²) in [5, 5.41) is 24.7. The van der Waals surface area contributed by atoms with Gasteiger partial charge in [0.25, 0.3) is 0 Å². The molecule has 0 atom stereocenters. The number of piperidine rings is 1. The van der Waals surface area contributed by atoms with Crippen LogP contribution in [0.25, 0.3) is 5.82 Å². The summed E-state index contributed by atoms with van der Waals surface area (Å²) >= 11 is 0. The summed E-state index contributed by atoms with van der Waals surface area (Å²) in [5.41, 5.74) is 1.04. The monoisotopic (exact) mass is 373 g/mol. The average Bonchev–Trinajstić information content (AvgIpc) is 3.29. The van der Waals surface area contributed by atoms with Crippen LogP contribution in [0.1, 0.15) is 18.4 Å². The number of benzene rings is 1. The molecule has 1 fully saturated rings. The maximum absolute atomic E-state index is 12.6. The van der Waals surface area contributed by atoms with Gasteiger partial charge in [-0.25, -0.2) is 4.68 Å². The van der Waals surface area contributed by atoms with E-state index in [2.05, 4.69) is 31.6 Å². The maximum Gasteiger partial charge on any atom is 0.227 e. The number of rotatable bonds is 4. The van der Waals surface area contributed by atoms with Gasteiger partial charge in [0.05, 0.1) is 11.3 Å². The molecule has 8 heteroatoms. The van der Waals surface area contributed by atoms with Gasteiger partial charge in [0.1, 0.15) is 6.07 Å². The van der Waals surface area contributed by atoms with Crippen molar-refractivity contribution in [2.45, 2.75) is 12.8 Å². The van der Waals surface area contributed by atoms with E-state index in [0.29, 0.717) is 17.1 Å². The van der Waals surface area contributed by atoms with Gasteiger partial charge in [0.2, 0.25) is 5.91 Å². The third-order valence-electron chi connectivity index (χ3n) is 4.87. The number of hydrogen-bond acceptors (Lipinski definition) is 6. The third-order valence-corrected chi connectivity index (χ3v) is 4.87. The molecule has 140 valence electrons. The van der Waals surface area contributed by atoms with E-state index < -0.39 is 0 Å². The molecule has 0 aliphatic carbocycles. The summed E-state index contributed by atoms with van der Waals surface area (Å²) in [6.07, 6.45) is 4.96. The lowest BCUT2D eigenvalue weighted by atomic mass is 9.95. The first-order valence-electron chi connectivity index (χ1n) is 9.13. The first kappa shape index (κ1) is 17.7. The van der Waals surface area contributed by atoms with E-state index in [1.54, 1.807) is 29.1 Å². The molecular formula is C20H19N7O. The van der Waals surface area contributed by atoms with E-state index >= 15 is 0 Å². The molecule has 1 aromatic carbocycles. The fourth-order valence-corrected chi connectivity index (χ4v) is 3.31. The van der Waals surface area contributed by atoms with Gasteiger partial charge >= 0.3 is 0 Å². The van der Waals surface area contributed by atoms with Gasteiger partial charge in [-0.3, -0.25) is 4.79 Å². The molecule has 0 saturated carbocycles. The van der Waals surface area contributed by atoms with Crippen molar-refractivity contribution in [2.75, 3.05) is 23.3 Å². The van der Waals surface area contributed by atoms with Gasteiger partial charge in [0.15, 0.2) is 11.6 Å². The minimum Gasteiger partial charge on any atom is -0.355 e. The Morgan fingerprint density at radius 3 is 2.50 bits per heavy atom. The normalized spacial score (nSPS) is 14.5. The van der Waals surface area contributed by atoms with Gasteiger partial charge in [-0.15, -0.1) is 10.2 Å². The number of para-hydroxylation sites is 1. The number of aromatic nitrogens is 4. The Kier molecular flexibility index (Phi) is 4.97. The van der Waals surface area contributed by atoms with Crippen LogP contribution in [-0.2, 0) is 4.79 Å². The van der Waals surface area contributed by atoms with Crippen molar-refractivity contribution in [3.8, 4) is 11.9 Å². The highest BCUT2D eigenvalue weighted by molar-refractivity contribution is 5.93. The van der Waals surface area contributed by atoms with Gasteiger partial charge in [-0.2, -0.15) is 10.4 Å². The highest BCUT2D eigenvalue weighted by atomic mass is 16.1. The van der Waals surface area contributed by atoms with Gasteiger partial charge in [-0.1, -0.05) is 12.1 Å². The fraction of sp³-hybridized carbons (Fsp3) is 0.250. The molecule has 4 rings (SSSR count). The topological polar surface area (TPSA) is 99.7 Å². The second-order valence-corrected chi connectivity index (χ2v) is 6.61. The summed E-state index contributed by atoms with van der Waals surface area (Å²) in [6.45, 7) is 1.46. The van der Waals surface area contributed by atoms with Crippen molar-refractivity contribution in [3.05, 3.63) is 60.4 Å². The molecule has 0 unspecified atom stereocenters. The highest BCUT2D eigenvalue weighted by Crippen LogP contribution is 2.24. The molecule has 1 N–H and O–H groups in total. The summed E-state index contributed by atoms with van der Waals surface area (Å²) in [5.74, 6) is 1.34. The highest BCUT2D eigenvalue weighted by Gasteiger charge is 2.26. The first-order valence-corrected chi connectivity index (χ1v) is 9.13. The quantitative estimate of drug-likeness (QED) is 0.754. The van der Waals surface area contributed by atoms with E-state index in [1.165, 1.54) is 0 Å². The zero-order valence-corrected chi connectivity index (χ0v) is 15.2. The smallest absolute Gasteiger partial charge is 0.227 e. The maximum atomic E-state index is 12.6. The molecule has 8 nitrogen and oxygen atoms in total. The van der Waals surface area contributed by atoms with Crippen molar-refractivity contribution >= 4 is 17.4 Å². The Hall–Kier alpha value is -3.73. The predicted octanol–water partition coefficient (Wildman–Crippen LogP) is 2.39. The fourth-order valence-electron chi connectivity index (χ4n) is 3.31. The van der Waals surface area contributed by atoms with E-state index in [1.807, 2.05) is 30.5 Å². The number of amides is 1. The van der Waals surface area contributed by atoms with Crippen LogP contribution in [0.5, 0.6) is 0 Å². The second-order valence-electron chi connectivity index (χ2n) is 6.61. The van der Waals surface area contributed by atoms with Gasteiger partial charge in [0, 0.05) is 31.4 Å². The lowest BCUT2D eigenvalue weighted by molar-refractivity contribution is -0.120. The van der Waals surface area contributed by atoms with E-state index in [9.17, 15) is 4.79 Å². The third kappa shape index (κ3) is 3.69. The molecule has 28 heavy (non-hydrogen) atoms. The van der Waals surface area contributed by atoms with Crippen molar-refractivity contribution < 1.29 is 4.79 Å². The number of carbonyl (C=O) groups excluding carboxylic acids is 1. The van der Waals surface area contributed by atoms with Crippen LogP contribution in [0.15, 0.2) is 54.9 Å². The van der Waals surface area contributed by atoms with Crippen LogP contribution in [0.3, 0.4) is 0 Å². The minimum atomic E-state index is -0.0840. The van der Waals surface area contributed by atoms with Crippen LogP contribution < -0.4 is 10.2 Å². The lowest BCUT2D eigenvalue weighted by Gasteiger charge is -2.31. The lowest BCUT2D eigenvalue weighted by Crippen LogP contribution is -2.38. The number of nitrogens with one attached hydrogen (secondary N) is 1. The molecule has 3 heterocycles. The largest absolute Gasteiger partial charge is 0.355 e. The van der Waals surface area contributed by atoms with Crippen LogP contribution in [0.2, 0.25) is 0 Å². The first-order chi connectivity index (χ1) is 13.7. The second kappa shape index (κ2) is 7.88. The molecular weight excluding hydrogens is 354 g/mol. The van der Waals surface area contributed by atoms with Crippen molar-refractivity contribution in [1.29, 1.82) is 5.26 Å². The molecule has 0 bridgehead atoms. The van der Waals surface area contributed by atoms with E-state index in [0.717, 1.165) is 31.7 Å². The minimum absolute atomic E-state index is 0.0394. The average molecular weight is 373 g/mol. The van der Waals surface area contributed by atoms with Crippen LogP contribution in [0.4, 0.5) is 11.5 Å². The zero-order chi connectivity index (χ0) is 19.3. The Labute approximate surface area is 162 Å². The van der Waals surface area contributed by atoms with E-state index in [-0.39, 0.29) is 11.8 Å². The number of hydrogen-bond donors (Lipinski definition) is 1. The number of carbonyl (C=O) groups is 1. The molecule has 0 radical (unpaired) electrons. The van der Waals surface area contributed by atoms with Crippen LogP contribution in [0, 0.1) is 17.2 Å². The number of anilines is 2. The molecule has 0 spiro atoms. The van der Waals surface area contributed by atoms with Crippen molar-refractivity contribution in [1.82, 2.24) is 20.0 Å². The van der Waals surface area contributed by atoms with Crippen molar-refractivity contribution in [2.24, 2.45) is 5.92 Å². The molecule has 2 aromatic heterocycles. The molecule has 3 aromatic rings. The molecule has 1 aliphatic rings. The number of nitrogens with zero attached hydrogens (tertiary/aromatic N) is 6. The van der Waals surface area contributed by atoms with Gasteiger partial charge < -0.3 is 10.2 Å². The SMILES string of the molecule is N#Cc1ccccc1NC(=O)C1CCN(c2ccc(-n3cccn3)nn2)CC1. The Morgan fingerprint density at radius 1 is 1.07 bits per heavy atom. The standard InChI is InChI=1S/C20H19N7O/c21-14-16-4-1-2-5-17(16)23-20(28)15-8-12-26(13-9-15)18-6-7-19(25-24-18)27-11-3-10-22-27/h1-7,10-11,15H,8-9,12-13H2,(H,23,28). The van der Waals surface area contributed by atoms with Crippen LogP contribution >= 0.6 is 0 Å². The Bertz CT molecular complexity index is 984. The summed E-state index contributed by atoms with van der Waals surface area (Å²) in [7, 11) is 0. The van der Waals surface area contributed by atoms with Crippen LogP contribution in [-0.4, -0.2) is 39.0 Å². The predicted molar refractivity (Wildman–Crippen MR) is 104 cm³/mol. The number of nitriles is 1. The molecule has 1 aliphatic heterocycles. The summed E-state index contributed by atoms with van der Waals surface area (Å²) in [4.78, 5) is 14.7. The zero-order valence-electron chi connectivity index (χ0n) is 15.2. The molecule has 1 saturated heterocycles. The van der Waals surface area contributed by atoms with E-state index in [4.69, 9.17) is 5.26 Å². The Morgan fingerprint density at radius 2 is 1.82 bits per heavy atom.